The lowest BCUT2D eigenvalue weighted by molar-refractivity contribution is -0.129. The fourth-order valence-corrected chi connectivity index (χ4v) is 3.05. The Kier molecular flexibility index (Phi) is 4.45. The van der Waals surface area contributed by atoms with Crippen LogP contribution in [0.2, 0.25) is 5.02 Å². The zero-order chi connectivity index (χ0) is 15.5. The molecule has 1 fully saturated rings. The van der Waals surface area contributed by atoms with Gasteiger partial charge in [-0.25, -0.2) is 0 Å². The van der Waals surface area contributed by atoms with Gasteiger partial charge in [-0.3, -0.25) is 14.4 Å². The Hall–Kier alpha value is -1.85. The summed E-state index contributed by atoms with van der Waals surface area (Å²) in [5.74, 6) is 0.00207. The van der Waals surface area contributed by atoms with E-state index >= 15 is 0 Å². The van der Waals surface area contributed by atoms with E-state index in [2.05, 4.69) is 22.2 Å². The molecule has 2 heterocycles. The van der Waals surface area contributed by atoms with Crippen molar-refractivity contribution in [2.24, 2.45) is 0 Å². The molecule has 0 bridgehead atoms. The number of piperazine rings is 1. The average Bonchev–Trinajstić information content (AvgIpc) is 2.96. The van der Waals surface area contributed by atoms with E-state index in [0.29, 0.717) is 18.1 Å². The summed E-state index contributed by atoms with van der Waals surface area (Å²) in [6.45, 7) is 5.02. The van der Waals surface area contributed by atoms with Gasteiger partial charge in [-0.15, -0.1) is 0 Å². The van der Waals surface area contributed by atoms with Crippen LogP contribution in [0.15, 0.2) is 36.7 Å². The first-order valence-electron chi connectivity index (χ1n) is 7.46. The van der Waals surface area contributed by atoms with E-state index in [9.17, 15) is 4.79 Å². The van der Waals surface area contributed by atoms with Crippen LogP contribution in [0, 0.1) is 0 Å². The highest BCUT2D eigenvalue weighted by Crippen LogP contribution is 2.30. The first-order valence-corrected chi connectivity index (χ1v) is 7.84. The summed E-state index contributed by atoms with van der Waals surface area (Å²) in [6, 6.07) is 7.18. The molecule has 0 aliphatic carbocycles. The van der Waals surface area contributed by atoms with Gasteiger partial charge in [-0.05, 0) is 18.6 Å². The monoisotopic (exact) mass is 318 g/mol. The lowest BCUT2D eigenvalue weighted by Gasteiger charge is -2.35. The first kappa shape index (κ1) is 15.1. The Balaban J connectivity index is 1.87. The third kappa shape index (κ3) is 3.00. The van der Waals surface area contributed by atoms with E-state index in [1.807, 2.05) is 41.3 Å². The van der Waals surface area contributed by atoms with E-state index in [1.54, 1.807) is 0 Å². The van der Waals surface area contributed by atoms with Crippen molar-refractivity contribution >= 4 is 17.5 Å². The van der Waals surface area contributed by atoms with E-state index in [-0.39, 0.29) is 11.9 Å². The highest BCUT2D eigenvalue weighted by molar-refractivity contribution is 6.31. The molecule has 0 spiro atoms. The van der Waals surface area contributed by atoms with Gasteiger partial charge in [0, 0.05) is 43.0 Å². The van der Waals surface area contributed by atoms with E-state index in [4.69, 9.17) is 11.6 Å². The van der Waals surface area contributed by atoms with Crippen LogP contribution in [0.3, 0.4) is 0 Å². The molecule has 6 heteroatoms. The highest BCUT2D eigenvalue weighted by Gasteiger charge is 2.32. The van der Waals surface area contributed by atoms with Crippen molar-refractivity contribution in [3.63, 3.8) is 0 Å². The molecule has 1 aliphatic heterocycles. The third-order valence-electron chi connectivity index (χ3n) is 3.91. The molecule has 1 aromatic heterocycles. The second-order valence-electron chi connectivity index (χ2n) is 5.39. The normalized spacial score (nSPS) is 19.2. The molecule has 116 valence electrons. The Morgan fingerprint density at radius 2 is 2.23 bits per heavy atom. The number of aryl methyl sites for hydroxylation is 1. The molecular formula is C16H19ClN4O. The topological polar surface area (TPSA) is 50.2 Å². The van der Waals surface area contributed by atoms with Crippen molar-refractivity contribution < 1.29 is 4.79 Å². The van der Waals surface area contributed by atoms with Gasteiger partial charge in [-0.1, -0.05) is 29.8 Å². The second kappa shape index (κ2) is 6.50. The number of hydrogen-bond donors (Lipinski definition) is 1. The highest BCUT2D eigenvalue weighted by atomic mass is 35.5. The van der Waals surface area contributed by atoms with Gasteiger partial charge in [0.1, 0.15) is 6.04 Å². The molecule has 1 atom stereocenters. The van der Waals surface area contributed by atoms with Crippen LogP contribution in [0.4, 0.5) is 0 Å². The Morgan fingerprint density at radius 3 is 2.95 bits per heavy atom. The number of nitrogens with zero attached hydrogens (tertiary/aromatic N) is 3. The van der Waals surface area contributed by atoms with Gasteiger partial charge in [0.2, 0.25) is 5.91 Å². The molecule has 0 saturated carbocycles. The van der Waals surface area contributed by atoms with Crippen molar-refractivity contribution in [3.05, 3.63) is 52.8 Å². The number of rotatable bonds is 4. The van der Waals surface area contributed by atoms with Crippen LogP contribution in [-0.2, 0) is 17.9 Å². The van der Waals surface area contributed by atoms with Gasteiger partial charge >= 0.3 is 0 Å². The molecule has 22 heavy (non-hydrogen) atoms. The summed E-state index contributed by atoms with van der Waals surface area (Å²) >= 11 is 6.29. The van der Waals surface area contributed by atoms with Crippen LogP contribution in [0.5, 0.6) is 0 Å². The maximum absolute atomic E-state index is 12.4. The first-order chi connectivity index (χ1) is 10.7. The van der Waals surface area contributed by atoms with Crippen LogP contribution in [0.1, 0.15) is 24.1 Å². The summed E-state index contributed by atoms with van der Waals surface area (Å²) in [7, 11) is 0. The predicted octanol–water partition coefficient (Wildman–Crippen LogP) is 2.23. The van der Waals surface area contributed by atoms with Crippen LogP contribution < -0.4 is 5.32 Å². The second-order valence-corrected chi connectivity index (χ2v) is 5.80. The van der Waals surface area contributed by atoms with Gasteiger partial charge < -0.3 is 5.32 Å². The number of nitrogens with one attached hydrogen (secondary N) is 1. The van der Waals surface area contributed by atoms with Crippen molar-refractivity contribution in [1.82, 2.24) is 20.0 Å². The Morgan fingerprint density at radius 1 is 1.41 bits per heavy atom. The number of carbonyl (C=O) groups is 1. The lowest BCUT2D eigenvalue weighted by atomic mass is 10.0. The number of carbonyl (C=O) groups excluding carboxylic acids is 1. The molecule has 0 unspecified atom stereocenters. The lowest BCUT2D eigenvalue weighted by Crippen LogP contribution is -2.49. The minimum absolute atomic E-state index is 0.00207. The summed E-state index contributed by atoms with van der Waals surface area (Å²) in [5.41, 5.74) is 1.96. The van der Waals surface area contributed by atoms with Gasteiger partial charge in [-0.2, -0.15) is 5.10 Å². The number of hydrogen-bond acceptors (Lipinski definition) is 3. The SMILES string of the molecule is CCn1cc(CN2CCNC(=O)[C@@H]2c2ccccc2Cl)cn1. The number of halogens is 1. The standard InChI is InChI=1S/C16H19ClN4O/c1-2-21-11-12(9-19-21)10-20-8-7-18-16(22)15(20)13-5-3-4-6-14(13)17/h3-6,9,11,15H,2,7-8,10H2,1H3,(H,18,22)/t15-/m0/s1. The summed E-state index contributed by atoms with van der Waals surface area (Å²) in [4.78, 5) is 14.5. The number of aromatic nitrogens is 2. The average molecular weight is 319 g/mol. The van der Waals surface area contributed by atoms with Gasteiger partial charge in [0.15, 0.2) is 0 Å². The number of amides is 1. The van der Waals surface area contributed by atoms with Crippen molar-refractivity contribution in [2.45, 2.75) is 26.1 Å². The quantitative estimate of drug-likeness (QED) is 0.940. The third-order valence-corrected chi connectivity index (χ3v) is 4.25. The maximum Gasteiger partial charge on any atom is 0.242 e. The zero-order valence-electron chi connectivity index (χ0n) is 12.5. The molecule has 5 nitrogen and oxygen atoms in total. The van der Waals surface area contributed by atoms with Gasteiger partial charge in [0.05, 0.1) is 6.20 Å². The molecule has 2 aromatic rings. The molecule has 1 amide bonds. The minimum Gasteiger partial charge on any atom is -0.353 e. The molecular weight excluding hydrogens is 300 g/mol. The largest absolute Gasteiger partial charge is 0.353 e. The van der Waals surface area contributed by atoms with Crippen LogP contribution >= 0.6 is 11.6 Å². The van der Waals surface area contributed by atoms with Crippen LogP contribution in [0.25, 0.3) is 0 Å². The fraction of sp³-hybridized carbons (Fsp3) is 0.375. The van der Waals surface area contributed by atoms with Crippen molar-refractivity contribution in [3.8, 4) is 0 Å². The smallest absolute Gasteiger partial charge is 0.242 e. The Bertz CT molecular complexity index is 670. The molecule has 1 saturated heterocycles. The van der Waals surface area contributed by atoms with Crippen molar-refractivity contribution in [2.75, 3.05) is 13.1 Å². The predicted molar refractivity (Wildman–Crippen MR) is 85.5 cm³/mol. The van der Waals surface area contributed by atoms with E-state index in [1.165, 1.54) is 0 Å². The summed E-state index contributed by atoms with van der Waals surface area (Å²) in [6.07, 6.45) is 3.88. The molecule has 1 N–H and O–H groups in total. The molecule has 0 radical (unpaired) electrons. The van der Waals surface area contributed by atoms with Gasteiger partial charge in [0.25, 0.3) is 0 Å². The van der Waals surface area contributed by atoms with Crippen LogP contribution in [-0.4, -0.2) is 33.7 Å². The summed E-state index contributed by atoms with van der Waals surface area (Å²) in [5, 5.41) is 7.85. The van der Waals surface area contributed by atoms with Crippen molar-refractivity contribution in [1.29, 1.82) is 0 Å². The van der Waals surface area contributed by atoms with E-state index in [0.717, 1.165) is 24.2 Å². The number of benzene rings is 1. The minimum atomic E-state index is -0.354. The van der Waals surface area contributed by atoms with E-state index < -0.39 is 0 Å². The maximum atomic E-state index is 12.4. The molecule has 1 aliphatic rings. The summed E-state index contributed by atoms with van der Waals surface area (Å²) < 4.78 is 1.89. The fourth-order valence-electron chi connectivity index (χ4n) is 2.81. The Labute approximate surface area is 134 Å². The molecule has 1 aromatic carbocycles. The molecule has 3 rings (SSSR count). The zero-order valence-corrected chi connectivity index (χ0v) is 13.3.